The summed E-state index contributed by atoms with van der Waals surface area (Å²) < 4.78 is 0. The van der Waals surface area contributed by atoms with E-state index in [1.54, 1.807) is 0 Å². The van der Waals surface area contributed by atoms with Gasteiger partial charge < -0.3 is 5.32 Å². The molecular weight excluding hydrogens is 146 g/mol. The van der Waals surface area contributed by atoms with Gasteiger partial charge in [-0.1, -0.05) is 6.92 Å². The Kier molecular flexibility index (Phi) is 1.16. The largest absolute Gasteiger partial charge is 0.308 e. The third kappa shape index (κ3) is 0.693. The summed E-state index contributed by atoms with van der Waals surface area (Å²) in [6.07, 6.45) is 2.98. The smallest absolute Gasteiger partial charge is 0.0204 e. The van der Waals surface area contributed by atoms with E-state index in [1.165, 1.54) is 12.8 Å². The first-order valence-corrected chi connectivity index (χ1v) is 5.39. The van der Waals surface area contributed by atoms with Gasteiger partial charge in [-0.05, 0) is 50.4 Å². The van der Waals surface area contributed by atoms with Crippen molar-refractivity contribution >= 4 is 0 Å². The maximum absolute atomic E-state index is 3.71. The van der Waals surface area contributed by atoms with Crippen LogP contribution in [0.4, 0.5) is 0 Å². The van der Waals surface area contributed by atoms with Gasteiger partial charge in [0.1, 0.15) is 0 Å². The van der Waals surface area contributed by atoms with E-state index in [1.807, 2.05) is 0 Å². The van der Waals surface area contributed by atoms with Gasteiger partial charge in [0.2, 0.25) is 0 Å². The highest BCUT2D eigenvalue weighted by molar-refractivity contribution is 5.16. The Morgan fingerprint density at radius 1 is 1.33 bits per heavy atom. The maximum atomic E-state index is 3.71. The van der Waals surface area contributed by atoms with E-state index in [9.17, 15) is 0 Å². The molecule has 1 heterocycles. The normalized spacial score (nSPS) is 67.8. The second-order valence-corrected chi connectivity index (χ2v) is 5.60. The van der Waals surface area contributed by atoms with Gasteiger partial charge in [0, 0.05) is 11.6 Å². The Balaban J connectivity index is 1.89. The molecule has 0 aromatic heterocycles. The third-order valence-electron chi connectivity index (χ3n) is 4.74. The van der Waals surface area contributed by atoms with Crippen molar-refractivity contribution in [1.82, 2.24) is 5.32 Å². The predicted octanol–water partition coefficient (Wildman–Crippen LogP) is 2.03. The molecule has 1 heteroatoms. The SMILES string of the molecule is CC1NC2(C)CC3CC3C(C)C12. The molecule has 3 aliphatic rings. The van der Waals surface area contributed by atoms with Crippen LogP contribution in [0.25, 0.3) is 0 Å². The summed E-state index contributed by atoms with van der Waals surface area (Å²) >= 11 is 0. The van der Waals surface area contributed by atoms with Crippen LogP contribution in [0.1, 0.15) is 33.6 Å². The zero-order valence-electron chi connectivity index (χ0n) is 8.30. The summed E-state index contributed by atoms with van der Waals surface area (Å²) in [6, 6.07) is 0.784. The number of hydrogen-bond donors (Lipinski definition) is 1. The lowest BCUT2D eigenvalue weighted by Crippen LogP contribution is -2.72. The summed E-state index contributed by atoms with van der Waals surface area (Å²) in [7, 11) is 0. The quantitative estimate of drug-likeness (QED) is 0.579. The standard InChI is InChI=1S/C11H19N/c1-6-9-4-8(9)5-11(3)10(6)7(2)12-11/h6-10,12H,4-5H2,1-3H3. The fourth-order valence-corrected chi connectivity index (χ4v) is 4.35. The summed E-state index contributed by atoms with van der Waals surface area (Å²) in [5.41, 5.74) is 0.524. The molecule has 3 fully saturated rings. The lowest BCUT2D eigenvalue weighted by molar-refractivity contribution is -0.0259. The van der Waals surface area contributed by atoms with Crippen LogP contribution in [-0.4, -0.2) is 11.6 Å². The van der Waals surface area contributed by atoms with Gasteiger partial charge in [-0.15, -0.1) is 0 Å². The van der Waals surface area contributed by atoms with Crippen molar-refractivity contribution in [3.05, 3.63) is 0 Å². The molecule has 2 saturated carbocycles. The highest BCUT2D eigenvalue weighted by Crippen LogP contribution is 2.61. The third-order valence-corrected chi connectivity index (χ3v) is 4.74. The van der Waals surface area contributed by atoms with Gasteiger partial charge in [-0.2, -0.15) is 0 Å². The number of hydrogen-bond acceptors (Lipinski definition) is 1. The van der Waals surface area contributed by atoms with Crippen LogP contribution in [0.15, 0.2) is 0 Å². The van der Waals surface area contributed by atoms with Crippen molar-refractivity contribution in [2.24, 2.45) is 23.7 Å². The van der Waals surface area contributed by atoms with Gasteiger partial charge in [0.05, 0.1) is 0 Å². The average molecular weight is 165 g/mol. The average Bonchev–Trinajstić information content (AvgIpc) is 2.64. The Morgan fingerprint density at radius 2 is 2.08 bits per heavy atom. The first kappa shape index (κ1) is 7.37. The fourth-order valence-electron chi connectivity index (χ4n) is 4.35. The summed E-state index contributed by atoms with van der Waals surface area (Å²) in [5, 5.41) is 3.71. The lowest BCUT2D eigenvalue weighted by atomic mass is 9.59. The molecule has 0 bridgehead atoms. The first-order chi connectivity index (χ1) is 5.62. The van der Waals surface area contributed by atoms with E-state index in [0.717, 1.165) is 29.7 Å². The van der Waals surface area contributed by atoms with E-state index < -0.39 is 0 Å². The molecule has 68 valence electrons. The highest BCUT2D eigenvalue weighted by Gasteiger charge is 2.62. The van der Waals surface area contributed by atoms with Crippen LogP contribution in [0.3, 0.4) is 0 Å². The first-order valence-electron chi connectivity index (χ1n) is 5.39. The summed E-state index contributed by atoms with van der Waals surface area (Å²) in [6.45, 7) is 7.26. The van der Waals surface area contributed by atoms with E-state index in [4.69, 9.17) is 0 Å². The zero-order valence-corrected chi connectivity index (χ0v) is 8.30. The van der Waals surface area contributed by atoms with Crippen molar-refractivity contribution in [1.29, 1.82) is 0 Å². The number of nitrogens with one attached hydrogen (secondary N) is 1. The molecule has 0 spiro atoms. The van der Waals surface area contributed by atoms with Gasteiger partial charge in [-0.3, -0.25) is 0 Å². The van der Waals surface area contributed by atoms with Crippen LogP contribution in [0, 0.1) is 23.7 Å². The molecule has 6 atom stereocenters. The molecule has 0 amide bonds. The van der Waals surface area contributed by atoms with Crippen molar-refractivity contribution < 1.29 is 0 Å². The Labute approximate surface area is 74.9 Å². The molecule has 2 aliphatic carbocycles. The minimum atomic E-state index is 0.524. The Morgan fingerprint density at radius 3 is 2.75 bits per heavy atom. The van der Waals surface area contributed by atoms with Crippen LogP contribution < -0.4 is 5.32 Å². The second kappa shape index (κ2) is 1.89. The minimum Gasteiger partial charge on any atom is -0.308 e. The molecule has 1 aliphatic heterocycles. The molecule has 3 rings (SSSR count). The van der Waals surface area contributed by atoms with Gasteiger partial charge in [0.25, 0.3) is 0 Å². The fraction of sp³-hybridized carbons (Fsp3) is 1.00. The van der Waals surface area contributed by atoms with Gasteiger partial charge in [0.15, 0.2) is 0 Å². The molecule has 1 N–H and O–H groups in total. The highest BCUT2D eigenvalue weighted by atomic mass is 15.1. The predicted molar refractivity (Wildman–Crippen MR) is 49.9 cm³/mol. The van der Waals surface area contributed by atoms with E-state index in [2.05, 4.69) is 26.1 Å². The van der Waals surface area contributed by atoms with Crippen molar-refractivity contribution in [2.75, 3.05) is 0 Å². The zero-order chi connectivity index (χ0) is 8.51. The summed E-state index contributed by atoms with van der Waals surface area (Å²) in [4.78, 5) is 0. The topological polar surface area (TPSA) is 12.0 Å². The monoisotopic (exact) mass is 165 g/mol. The van der Waals surface area contributed by atoms with Gasteiger partial charge >= 0.3 is 0 Å². The second-order valence-electron chi connectivity index (χ2n) is 5.60. The minimum absolute atomic E-state index is 0.524. The Bertz CT molecular complexity index is 225. The van der Waals surface area contributed by atoms with Crippen LogP contribution >= 0.6 is 0 Å². The van der Waals surface area contributed by atoms with Crippen LogP contribution in [-0.2, 0) is 0 Å². The molecule has 6 unspecified atom stereocenters. The molecule has 12 heavy (non-hydrogen) atoms. The molecular formula is C11H19N. The molecule has 0 aromatic rings. The molecule has 0 aromatic carbocycles. The number of rotatable bonds is 0. The van der Waals surface area contributed by atoms with E-state index >= 15 is 0 Å². The Hall–Kier alpha value is -0.0400. The van der Waals surface area contributed by atoms with Gasteiger partial charge in [-0.25, -0.2) is 0 Å². The van der Waals surface area contributed by atoms with Crippen molar-refractivity contribution in [3.63, 3.8) is 0 Å². The van der Waals surface area contributed by atoms with E-state index in [-0.39, 0.29) is 0 Å². The molecule has 1 saturated heterocycles. The van der Waals surface area contributed by atoms with E-state index in [0.29, 0.717) is 5.54 Å². The van der Waals surface area contributed by atoms with Crippen LogP contribution in [0.2, 0.25) is 0 Å². The molecule has 0 radical (unpaired) electrons. The summed E-state index contributed by atoms with van der Waals surface area (Å²) in [5.74, 6) is 4.15. The molecule has 1 nitrogen and oxygen atoms in total. The van der Waals surface area contributed by atoms with Crippen molar-refractivity contribution in [2.45, 2.75) is 45.2 Å². The lowest BCUT2D eigenvalue weighted by Gasteiger charge is -2.59. The number of fused-ring (bicyclic) bond motifs is 2. The maximum Gasteiger partial charge on any atom is 0.0204 e. The van der Waals surface area contributed by atoms with Crippen molar-refractivity contribution in [3.8, 4) is 0 Å². The van der Waals surface area contributed by atoms with Crippen LogP contribution in [0.5, 0.6) is 0 Å².